The molecule has 2 amide bonds. The van der Waals surface area contributed by atoms with Crippen LogP contribution < -0.4 is 5.32 Å². The Bertz CT molecular complexity index is 711. The van der Waals surface area contributed by atoms with E-state index in [1.54, 1.807) is 25.7 Å². The first-order valence-electron chi connectivity index (χ1n) is 9.55. The summed E-state index contributed by atoms with van der Waals surface area (Å²) in [6, 6.07) is 8.58. The van der Waals surface area contributed by atoms with E-state index >= 15 is 0 Å². The van der Waals surface area contributed by atoms with Crippen LogP contribution in [0.15, 0.2) is 30.3 Å². The molecule has 1 aromatic rings. The number of hydrogen-bond acceptors (Lipinski definition) is 4. The van der Waals surface area contributed by atoms with Crippen LogP contribution in [0.5, 0.6) is 0 Å². The molecular formula is C21H30N2O5. The number of likely N-dealkylation sites (tertiary alicyclic amines) is 1. The number of amides is 2. The number of aliphatic carboxylic acids is 1. The maximum Gasteiger partial charge on any atom is 0.408 e. The Morgan fingerprint density at radius 2 is 1.75 bits per heavy atom. The Balaban J connectivity index is 2.16. The highest BCUT2D eigenvalue weighted by Crippen LogP contribution is 2.33. The van der Waals surface area contributed by atoms with Gasteiger partial charge in [-0.3, -0.25) is 9.59 Å². The van der Waals surface area contributed by atoms with Gasteiger partial charge >= 0.3 is 12.1 Å². The van der Waals surface area contributed by atoms with Gasteiger partial charge in [-0.15, -0.1) is 0 Å². The van der Waals surface area contributed by atoms with E-state index in [1.807, 2.05) is 44.2 Å². The molecule has 0 bridgehead atoms. The Kier molecular flexibility index (Phi) is 6.69. The summed E-state index contributed by atoms with van der Waals surface area (Å²) in [7, 11) is 0. The first-order chi connectivity index (χ1) is 13.0. The molecule has 1 heterocycles. The summed E-state index contributed by atoms with van der Waals surface area (Å²) in [6.45, 7) is 9.34. The number of rotatable bonds is 5. The predicted molar refractivity (Wildman–Crippen MR) is 105 cm³/mol. The zero-order chi connectivity index (χ0) is 21.1. The molecule has 28 heavy (non-hydrogen) atoms. The molecule has 0 aromatic heterocycles. The molecule has 0 radical (unpaired) electrons. The lowest BCUT2D eigenvalue weighted by molar-refractivity contribution is -0.142. The number of nitrogens with one attached hydrogen (secondary N) is 1. The molecule has 0 spiro atoms. The molecule has 2 N–H and O–H groups in total. The van der Waals surface area contributed by atoms with Crippen molar-refractivity contribution in [1.82, 2.24) is 10.2 Å². The van der Waals surface area contributed by atoms with E-state index in [1.165, 1.54) is 0 Å². The number of ether oxygens (including phenoxy) is 1. The van der Waals surface area contributed by atoms with Gasteiger partial charge in [0.2, 0.25) is 5.91 Å². The zero-order valence-electron chi connectivity index (χ0n) is 17.1. The zero-order valence-corrected chi connectivity index (χ0v) is 17.1. The number of carbonyl (C=O) groups excluding carboxylic acids is 2. The summed E-state index contributed by atoms with van der Waals surface area (Å²) >= 11 is 0. The van der Waals surface area contributed by atoms with Crippen molar-refractivity contribution in [2.75, 3.05) is 13.1 Å². The summed E-state index contributed by atoms with van der Waals surface area (Å²) in [5.74, 6) is -2.34. The topological polar surface area (TPSA) is 95.9 Å². The number of carbonyl (C=O) groups is 3. The first-order valence-corrected chi connectivity index (χ1v) is 9.55. The number of carboxylic acids is 1. The molecule has 2 unspecified atom stereocenters. The van der Waals surface area contributed by atoms with E-state index in [9.17, 15) is 19.5 Å². The fraction of sp³-hybridized carbons (Fsp3) is 0.571. The molecule has 3 atom stereocenters. The average Bonchev–Trinajstić information content (AvgIpc) is 3.04. The van der Waals surface area contributed by atoms with Crippen LogP contribution in [-0.4, -0.2) is 52.7 Å². The summed E-state index contributed by atoms with van der Waals surface area (Å²) < 4.78 is 5.27. The third kappa shape index (κ3) is 5.47. The maximum atomic E-state index is 13.1. The van der Waals surface area contributed by atoms with Crippen molar-refractivity contribution in [3.63, 3.8) is 0 Å². The van der Waals surface area contributed by atoms with Gasteiger partial charge in [-0.05, 0) is 32.3 Å². The molecule has 2 rings (SSSR count). The minimum atomic E-state index is -0.926. The fourth-order valence-electron chi connectivity index (χ4n) is 3.42. The summed E-state index contributed by atoms with van der Waals surface area (Å²) in [6.07, 6.45) is -0.659. The minimum Gasteiger partial charge on any atom is -0.481 e. The first kappa shape index (κ1) is 21.7. The second kappa shape index (κ2) is 8.63. The Morgan fingerprint density at radius 3 is 2.25 bits per heavy atom. The molecule has 0 saturated carbocycles. The van der Waals surface area contributed by atoms with Gasteiger partial charge in [-0.1, -0.05) is 44.2 Å². The van der Waals surface area contributed by atoms with Crippen LogP contribution in [0.4, 0.5) is 4.79 Å². The monoisotopic (exact) mass is 390 g/mol. The molecule has 1 aromatic carbocycles. The van der Waals surface area contributed by atoms with Crippen molar-refractivity contribution in [2.24, 2.45) is 11.8 Å². The fourth-order valence-corrected chi connectivity index (χ4v) is 3.42. The summed E-state index contributed by atoms with van der Waals surface area (Å²) in [4.78, 5) is 38.6. The molecule has 1 aliphatic rings. The highest BCUT2D eigenvalue weighted by Gasteiger charge is 2.42. The molecule has 7 nitrogen and oxygen atoms in total. The maximum absolute atomic E-state index is 13.1. The quantitative estimate of drug-likeness (QED) is 0.806. The number of benzene rings is 1. The van der Waals surface area contributed by atoms with Crippen LogP contribution in [0.25, 0.3) is 0 Å². The van der Waals surface area contributed by atoms with Gasteiger partial charge in [-0.25, -0.2) is 4.79 Å². The smallest absolute Gasteiger partial charge is 0.408 e. The van der Waals surface area contributed by atoms with Gasteiger partial charge in [0.15, 0.2) is 0 Å². The van der Waals surface area contributed by atoms with Crippen LogP contribution in [-0.2, 0) is 14.3 Å². The molecular weight excluding hydrogens is 360 g/mol. The van der Waals surface area contributed by atoms with Crippen molar-refractivity contribution in [3.8, 4) is 0 Å². The Hall–Kier alpha value is -2.57. The Labute approximate surface area is 166 Å². The van der Waals surface area contributed by atoms with E-state index in [0.717, 1.165) is 5.56 Å². The van der Waals surface area contributed by atoms with Gasteiger partial charge < -0.3 is 20.1 Å². The lowest BCUT2D eigenvalue weighted by Crippen LogP contribution is -2.51. The van der Waals surface area contributed by atoms with Crippen molar-refractivity contribution in [2.45, 2.75) is 52.2 Å². The van der Waals surface area contributed by atoms with E-state index in [0.29, 0.717) is 6.54 Å². The van der Waals surface area contributed by atoms with Crippen molar-refractivity contribution >= 4 is 18.0 Å². The normalized spacial score (nSPS) is 20.7. The van der Waals surface area contributed by atoms with Gasteiger partial charge in [-0.2, -0.15) is 0 Å². The highest BCUT2D eigenvalue weighted by molar-refractivity contribution is 5.87. The van der Waals surface area contributed by atoms with Crippen LogP contribution in [0.1, 0.15) is 46.1 Å². The van der Waals surface area contributed by atoms with Crippen molar-refractivity contribution in [1.29, 1.82) is 0 Å². The minimum absolute atomic E-state index is 0.118. The lowest BCUT2D eigenvalue weighted by Gasteiger charge is -2.28. The van der Waals surface area contributed by atoms with Crippen molar-refractivity contribution in [3.05, 3.63) is 35.9 Å². The third-order valence-electron chi connectivity index (χ3n) is 4.78. The van der Waals surface area contributed by atoms with Crippen LogP contribution >= 0.6 is 0 Å². The molecule has 154 valence electrons. The molecule has 1 aliphatic heterocycles. The number of hydrogen-bond donors (Lipinski definition) is 2. The predicted octanol–water partition coefficient (Wildman–Crippen LogP) is 2.86. The Morgan fingerprint density at radius 1 is 1.14 bits per heavy atom. The van der Waals surface area contributed by atoms with E-state index in [2.05, 4.69) is 5.32 Å². The van der Waals surface area contributed by atoms with E-state index < -0.39 is 29.6 Å². The average molecular weight is 390 g/mol. The number of nitrogens with zero attached hydrogens (tertiary/aromatic N) is 1. The van der Waals surface area contributed by atoms with Gasteiger partial charge in [0.25, 0.3) is 0 Å². The number of alkyl carbamates (subject to hydrolysis) is 1. The van der Waals surface area contributed by atoms with Crippen molar-refractivity contribution < 1.29 is 24.2 Å². The molecule has 7 heteroatoms. The van der Waals surface area contributed by atoms with E-state index in [4.69, 9.17) is 4.74 Å². The third-order valence-corrected chi connectivity index (χ3v) is 4.78. The summed E-state index contributed by atoms with van der Waals surface area (Å²) in [5, 5.41) is 12.3. The SMILES string of the molecule is CC(C)[C@H](NC(=O)OC(C)(C)C)C(=O)N1CC(C(=O)O)C(c2ccccc2)C1. The highest BCUT2D eigenvalue weighted by atomic mass is 16.6. The second-order valence-electron chi connectivity index (χ2n) is 8.57. The second-order valence-corrected chi connectivity index (χ2v) is 8.57. The van der Waals surface area contributed by atoms with Crippen LogP contribution in [0.3, 0.4) is 0 Å². The van der Waals surface area contributed by atoms with Crippen LogP contribution in [0.2, 0.25) is 0 Å². The van der Waals surface area contributed by atoms with Crippen LogP contribution in [0, 0.1) is 11.8 Å². The molecule has 0 aliphatic carbocycles. The number of carboxylic acid groups (broad SMARTS) is 1. The van der Waals surface area contributed by atoms with Gasteiger partial charge in [0.05, 0.1) is 5.92 Å². The lowest BCUT2D eigenvalue weighted by atomic mass is 9.89. The molecule has 1 saturated heterocycles. The van der Waals surface area contributed by atoms with E-state index in [-0.39, 0.29) is 24.3 Å². The molecule has 1 fully saturated rings. The summed E-state index contributed by atoms with van der Waals surface area (Å²) in [5.41, 5.74) is 0.223. The largest absolute Gasteiger partial charge is 0.481 e. The van der Waals surface area contributed by atoms with Gasteiger partial charge in [0.1, 0.15) is 11.6 Å². The van der Waals surface area contributed by atoms with Gasteiger partial charge in [0, 0.05) is 19.0 Å². The standard InChI is InChI=1S/C21H30N2O5/c1-13(2)17(22-20(27)28-21(3,4)5)18(24)23-11-15(16(12-23)19(25)26)14-9-7-6-8-10-14/h6-10,13,15-17H,11-12H2,1-5H3,(H,22,27)(H,25,26)/t15?,16?,17-/m0/s1.